The Kier molecular flexibility index (Phi) is 4.42. The normalized spacial score (nSPS) is 13.8. The first-order chi connectivity index (χ1) is 14.7. The van der Waals surface area contributed by atoms with Crippen LogP contribution in [0.15, 0.2) is 55.0 Å². The molecule has 1 aliphatic rings. The fourth-order valence-electron chi connectivity index (χ4n) is 3.58. The Hall–Kier alpha value is -4.09. The highest BCUT2D eigenvalue weighted by Gasteiger charge is 2.21. The number of hydrogen-bond donors (Lipinski definition) is 1. The summed E-state index contributed by atoms with van der Waals surface area (Å²) >= 11 is 0. The summed E-state index contributed by atoms with van der Waals surface area (Å²) in [6.07, 6.45) is 5.98. The molecular weight excluding hydrogens is 378 g/mol. The molecule has 5 rings (SSSR count). The first-order valence-electron chi connectivity index (χ1n) is 9.48. The maximum absolute atomic E-state index is 9.32. The van der Waals surface area contributed by atoms with E-state index in [2.05, 4.69) is 21.0 Å². The van der Waals surface area contributed by atoms with E-state index in [0.717, 1.165) is 23.3 Å². The first kappa shape index (κ1) is 18.0. The van der Waals surface area contributed by atoms with E-state index in [-0.39, 0.29) is 0 Å². The van der Waals surface area contributed by atoms with Crippen molar-refractivity contribution in [1.29, 1.82) is 5.26 Å². The number of nitrogens with zero attached hydrogens (tertiary/aromatic N) is 6. The molecular formula is C22H17N7O. The van der Waals surface area contributed by atoms with Crippen molar-refractivity contribution in [3.63, 3.8) is 0 Å². The van der Waals surface area contributed by atoms with Gasteiger partial charge in [0.1, 0.15) is 29.0 Å². The maximum atomic E-state index is 9.32. The number of nitrogen functional groups attached to an aromatic ring is 1. The number of hydrogen-bond acceptors (Lipinski definition) is 7. The molecule has 8 nitrogen and oxygen atoms in total. The number of anilines is 1. The van der Waals surface area contributed by atoms with Crippen LogP contribution in [0.1, 0.15) is 17.7 Å². The molecule has 0 atom stereocenters. The molecule has 0 aliphatic carbocycles. The summed E-state index contributed by atoms with van der Waals surface area (Å²) in [5.74, 6) is 0.358. The summed E-state index contributed by atoms with van der Waals surface area (Å²) in [6.45, 7) is 1.24. The molecule has 0 fully saturated rings. The third-order valence-corrected chi connectivity index (χ3v) is 5.02. The zero-order chi connectivity index (χ0) is 20.5. The predicted octanol–water partition coefficient (Wildman–Crippen LogP) is 3.11. The van der Waals surface area contributed by atoms with Crippen LogP contribution in [0, 0.1) is 11.3 Å². The van der Waals surface area contributed by atoms with Gasteiger partial charge in [-0.15, -0.1) is 0 Å². The molecule has 0 unspecified atom stereocenters. The lowest BCUT2D eigenvalue weighted by Gasteiger charge is -2.13. The van der Waals surface area contributed by atoms with Gasteiger partial charge in [-0.25, -0.2) is 19.5 Å². The Balaban J connectivity index is 1.81. The van der Waals surface area contributed by atoms with Gasteiger partial charge in [0.05, 0.1) is 36.2 Å². The Labute approximate surface area is 172 Å². The molecule has 2 N–H and O–H groups in total. The molecule has 146 valence electrons. The van der Waals surface area contributed by atoms with Crippen LogP contribution in [0.25, 0.3) is 33.7 Å². The van der Waals surface area contributed by atoms with Crippen LogP contribution < -0.4 is 5.73 Å². The Morgan fingerprint density at radius 2 is 2.10 bits per heavy atom. The van der Waals surface area contributed by atoms with E-state index in [1.54, 1.807) is 28.9 Å². The smallest absolute Gasteiger partial charge is 0.150 e. The zero-order valence-electron chi connectivity index (χ0n) is 16.0. The van der Waals surface area contributed by atoms with E-state index in [1.165, 1.54) is 6.33 Å². The van der Waals surface area contributed by atoms with Gasteiger partial charge in [0.15, 0.2) is 0 Å². The van der Waals surface area contributed by atoms with Gasteiger partial charge in [-0.2, -0.15) is 10.4 Å². The highest BCUT2D eigenvalue weighted by molar-refractivity contribution is 5.84. The molecule has 0 saturated heterocycles. The van der Waals surface area contributed by atoms with Gasteiger partial charge in [0.2, 0.25) is 0 Å². The van der Waals surface area contributed by atoms with E-state index in [1.807, 2.05) is 24.3 Å². The zero-order valence-corrected chi connectivity index (χ0v) is 16.0. The molecule has 0 radical (unpaired) electrons. The molecule has 1 aromatic carbocycles. The number of nitrogens with two attached hydrogens (primary N) is 1. The molecule has 8 heteroatoms. The first-order valence-corrected chi connectivity index (χ1v) is 9.48. The van der Waals surface area contributed by atoms with E-state index < -0.39 is 0 Å². The third kappa shape index (κ3) is 3.07. The highest BCUT2D eigenvalue weighted by Crippen LogP contribution is 2.34. The number of benzene rings is 1. The molecule has 0 spiro atoms. The molecule has 3 aromatic heterocycles. The largest absolute Gasteiger partial charge is 0.382 e. The second-order valence-electron chi connectivity index (χ2n) is 6.86. The second-order valence-corrected chi connectivity index (χ2v) is 6.86. The van der Waals surface area contributed by atoms with E-state index in [4.69, 9.17) is 15.6 Å². The van der Waals surface area contributed by atoms with Crippen LogP contribution in [0.2, 0.25) is 0 Å². The average Bonchev–Trinajstić information content (AvgIpc) is 3.26. The summed E-state index contributed by atoms with van der Waals surface area (Å²) in [5.41, 5.74) is 12.3. The van der Waals surface area contributed by atoms with Crippen LogP contribution in [0.4, 0.5) is 5.82 Å². The van der Waals surface area contributed by atoms with E-state index in [0.29, 0.717) is 47.2 Å². The summed E-state index contributed by atoms with van der Waals surface area (Å²) in [5, 5.41) is 14.2. The molecule has 0 saturated carbocycles. The Bertz CT molecular complexity index is 1320. The van der Waals surface area contributed by atoms with Gasteiger partial charge >= 0.3 is 0 Å². The van der Waals surface area contributed by atoms with Gasteiger partial charge in [-0.05, 0) is 36.3 Å². The van der Waals surface area contributed by atoms with Gasteiger partial charge in [-0.1, -0.05) is 18.2 Å². The van der Waals surface area contributed by atoms with Crippen molar-refractivity contribution in [2.24, 2.45) is 0 Å². The van der Waals surface area contributed by atoms with Crippen molar-refractivity contribution < 1.29 is 4.74 Å². The molecule has 4 heterocycles. The fraction of sp³-hybridized carbons (Fsp3) is 0.136. The lowest BCUT2D eigenvalue weighted by Crippen LogP contribution is -2.06. The standard InChI is InChI=1S/C22H17N7O/c23-12-14-2-1-3-16(10-14)20-21(17-4-7-25-13-26-17)29-19(22(24)27-20)11-18(28-29)15-5-8-30-9-6-15/h1-5,7,10-11,13H,6,8-9H2,(H2,24,27). The average molecular weight is 395 g/mol. The molecule has 4 aromatic rings. The minimum atomic E-state index is 0.358. The second kappa shape index (κ2) is 7.39. The van der Waals surface area contributed by atoms with Crippen LogP contribution in [-0.4, -0.2) is 37.8 Å². The lowest BCUT2D eigenvalue weighted by atomic mass is 10.0. The molecule has 30 heavy (non-hydrogen) atoms. The lowest BCUT2D eigenvalue weighted by molar-refractivity contribution is 0.161. The Morgan fingerprint density at radius 3 is 2.87 bits per heavy atom. The Morgan fingerprint density at radius 1 is 1.17 bits per heavy atom. The van der Waals surface area contributed by atoms with Crippen LogP contribution >= 0.6 is 0 Å². The van der Waals surface area contributed by atoms with Gasteiger partial charge < -0.3 is 10.5 Å². The summed E-state index contributed by atoms with van der Waals surface area (Å²) in [4.78, 5) is 13.1. The number of aromatic nitrogens is 5. The van der Waals surface area contributed by atoms with E-state index >= 15 is 0 Å². The van der Waals surface area contributed by atoms with Crippen LogP contribution in [-0.2, 0) is 4.74 Å². The number of fused-ring (bicyclic) bond motifs is 1. The minimum Gasteiger partial charge on any atom is -0.382 e. The summed E-state index contributed by atoms with van der Waals surface area (Å²) < 4.78 is 7.20. The molecule has 1 aliphatic heterocycles. The van der Waals surface area contributed by atoms with Crippen molar-refractivity contribution in [2.75, 3.05) is 18.9 Å². The van der Waals surface area contributed by atoms with Crippen molar-refractivity contribution >= 4 is 16.9 Å². The molecule has 0 amide bonds. The molecule has 0 bridgehead atoms. The van der Waals surface area contributed by atoms with Gasteiger partial charge in [0, 0.05) is 11.8 Å². The number of ether oxygens (including phenoxy) is 1. The summed E-state index contributed by atoms with van der Waals surface area (Å²) in [6, 6.07) is 13.2. The van der Waals surface area contributed by atoms with Crippen molar-refractivity contribution in [1.82, 2.24) is 24.6 Å². The van der Waals surface area contributed by atoms with Crippen LogP contribution in [0.5, 0.6) is 0 Å². The number of rotatable bonds is 3. The fourth-order valence-corrected chi connectivity index (χ4v) is 3.58. The maximum Gasteiger partial charge on any atom is 0.150 e. The van der Waals surface area contributed by atoms with Crippen molar-refractivity contribution in [3.8, 4) is 28.7 Å². The van der Waals surface area contributed by atoms with E-state index in [9.17, 15) is 5.26 Å². The predicted molar refractivity (Wildman–Crippen MR) is 112 cm³/mol. The monoisotopic (exact) mass is 395 g/mol. The van der Waals surface area contributed by atoms with Crippen molar-refractivity contribution in [2.45, 2.75) is 6.42 Å². The number of nitriles is 1. The van der Waals surface area contributed by atoms with Crippen LogP contribution in [0.3, 0.4) is 0 Å². The highest BCUT2D eigenvalue weighted by atomic mass is 16.5. The van der Waals surface area contributed by atoms with Crippen molar-refractivity contribution in [3.05, 3.63) is 66.3 Å². The topological polar surface area (TPSA) is 115 Å². The third-order valence-electron chi connectivity index (χ3n) is 5.02. The van der Waals surface area contributed by atoms with Gasteiger partial charge in [-0.3, -0.25) is 0 Å². The minimum absolute atomic E-state index is 0.358. The quantitative estimate of drug-likeness (QED) is 0.567. The van der Waals surface area contributed by atoms with Gasteiger partial charge in [0.25, 0.3) is 0 Å². The SMILES string of the molecule is N#Cc1cccc(-c2nc(N)c3cc(C4=CCOCC4)nn3c2-c2ccncn2)c1. The summed E-state index contributed by atoms with van der Waals surface area (Å²) in [7, 11) is 0.